The fourth-order valence-electron chi connectivity index (χ4n) is 1.56. The molecule has 0 aliphatic heterocycles. The van der Waals surface area contributed by atoms with Crippen molar-refractivity contribution in [3.8, 4) is 0 Å². The van der Waals surface area contributed by atoms with Crippen LogP contribution in [0.15, 0.2) is 29.2 Å². The molecule has 1 unspecified atom stereocenters. The number of carbonyl (C=O) groups is 1. The van der Waals surface area contributed by atoms with Gasteiger partial charge in [-0.3, -0.25) is 4.79 Å². The van der Waals surface area contributed by atoms with Gasteiger partial charge in [0.1, 0.15) is 5.60 Å². The Morgan fingerprint density at radius 3 is 2.30 bits per heavy atom. The molecule has 0 aliphatic carbocycles. The number of ether oxygens (including phenoxy) is 1. The lowest BCUT2D eigenvalue weighted by Crippen LogP contribution is -2.45. The highest BCUT2D eigenvalue weighted by Gasteiger charge is 2.30. The number of methoxy groups -OCH3 is 1. The average molecular weight is 300 g/mol. The second-order valence-electron chi connectivity index (χ2n) is 4.66. The van der Waals surface area contributed by atoms with E-state index in [2.05, 4.69) is 5.32 Å². The number of hydrogen-bond acceptors (Lipinski definition) is 4. The minimum absolute atomic E-state index is 0.0443. The minimum Gasteiger partial charge on any atom is -0.369 e. The molecule has 0 aromatic heterocycles. The Morgan fingerprint density at radius 2 is 1.90 bits per heavy atom. The molecular formula is C13H20N2O4S. The van der Waals surface area contributed by atoms with Crippen LogP contribution in [0.2, 0.25) is 0 Å². The molecule has 1 rings (SSSR count). The molecule has 0 heterocycles. The summed E-state index contributed by atoms with van der Waals surface area (Å²) in [6.45, 7) is 3.87. The molecule has 112 valence electrons. The number of hydrogen-bond donors (Lipinski definition) is 2. The van der Waals surface area contributed by atoms with Gasteiger partial charge >= 0.3 is 0 Å². The molecular weight excluding hydrogens is 280 g/mol. The van der Waals surface area contributed by atoms with Gasteiger partial charge in [-0.1, -0.05) is 19.1 Å². The van der Waals surface area contributed by atoms with E-state index in [9.17, 15) is 13.2 Å². The summed E-state index contributed by atoms with van der Waals surface area (Å²) in [5, 5.41) is 7.76. The van der Waals surface area contributed by atoms with E-state index in [4.69, 9.17) is 9.88 Å². The predicted octanol–water partition coefficient (Wildman–Crippen LogP) is 0.765. The van der Waals surface area contributed by atoms with Crippen molar-refractivity contribution < 1.29 is 17.9 Å². The third-order valence-electron chi connectivity index (χ3n) is 3.31. The van der Waals surface area contributed by atoms with Gasteiger partial charge in [-0.25, -0.2) is 13.6 Å². The van der Waals surface area contributed by atoms with E-state index in [1.54, 1.807) is 19.1 Å². The number of sulfonamides is 1. The van der Waals surface area contributed by atoms with E-state index in [0.29, 0.717) is 13.0 Å². The summed E-state index contributed by atoms with van der Waals surface area (Å²) in [5.41, 5.74) is -0.0825. The zero-order chi connectivity index (χ0) is 15.4. The first-order valence-corrected chi connectivity index (χ1v) is 7.73. The summed E-state index contributed by atoms with van der Waals surface area (Å²) in [6, 6.07) is 6.03. The fourth-order valence-corrected chi connectivity index (χ4v) is 2.08. The maximum absolute atomic E-state index is 12.0. The lowest BCUT2D eigenvalue weighted by atomic mass is 10.0. The first-order chi connectivity index (χ1) is 9.23. The molecule has 0 saturated heterocycles. The summed E-state index contributed by atoms with van der Waals surface area (Å²) < 4.78 is 27.4. The quantitative estimate of drug-likeness (QED) is 0.810. The van der Waals surface area contributed by atoms with Crippen molar-refractivity contribution in [3.05, 3.63) is 29.8 Å². The minimum atomic E-state index is -3.69. The summed E-state index contributed by atoms with van der Waals surface area (Å²) >= 11 is 0. The largest absolute Gasteiger partial charge is 0.369 e. The topological polar surface area (TPSA) is 98.5 Å². The maximum atomic E-state index is 12.0. The Hall–Kier alpha value is -1.44. The smallest absolute Gasteiger partial charge is 0.252 e. The van der Waals surface area contributed by atoms with Gasteiger partial charge in [0.25, 0.3) is 5.91 Å². The number of amides is 1. The zero-order valence-corrected chi connectivity index (χ0v) is 12.7. The number of primary sulfonamides is 1. The molecule has 1 amide bonds. The summed E-state index contributed by atoms with van der Waals surface area (Å²) in [7, 11) is -2.20. The Labute approximate surface area is 119 Å². The van der Waals surface area contributed by atoms with Gasteiger partial charge < -0.3 is 10.1 Å². The van der Waals surface area contributed by atoms with Crippen molar-refractivity contribution in [3.63, 3.8) is 0 Å². The SMILES string of the molecule is CCC(C)(OC)C(=O)NCc1ccc(S(N)(=O)=O)cc1. The van der Waals surface area contributed by atoms with Crippen molar-refractivity contribution >= 4 is 15.9 Å². The van der Waals surface area contributed by atoms with Gasteiger partial charge in [0.05, 0.1) is 4.90 Å². The lowest BCUT2D eigenvalue weighted by Gasteiger charge is -2.25. The number of nitrogens with one attached hydrogen (secondary N) is 1. The van der Waals surface area contributed by atoms with Crippen LogP contribution in [-0.4, -0.2) is 27.0 Å². The molecule has 3 N–H and O–H groups in total. The fraction of sp³-hybridized carbons (Fsp3) is 0.462. The highest BCUT2D eigenvalue weighted by molar-refractivity contribution is 7.89. The summed E-state index contributed by atoms with van der Waals surface area (Å²) in [6.07, 6.45) is 0.555. The van der Waals surface area contributed by atoms with E-state index in [0.717, 1.165) is 5.56 Å². The van der Waals surface area contributed by atoms with E-state index < -0.39 is 15.6 Å². The first-order valence-electron chi connectivity index (χ1n) is 6.18. The predicted molar refractivity (Wildman–Crippen MR) is 75.4 cm³/mol. The van der Waals surface area contributed by atoms with E-state index in [-0.39, 0.29) is 10.8 Å². The van der Waals surface area contributed by atoms with Crippen LogP contribution in [0.1, 0.15) is 25.8 Å². The van der Waals surface area contributed by atoms with Crippen LogP contribution < -0.4 is 10.5 Å². The van der Waals surface area contributed by atoms with Gasteiger partial charge in [0.2, 0.25) is 10.0 Å². The monoisotopic (exact) mass is 300 g/mol. The van der Waals surface area contributed by atoms with Gasteiger partial charge in [0.15, 0.2) is 0 Å². The van der Waals surface area contributed by atoms with Crippen LogP contribution in [0.4, 0.5) is 0 Å². The molecule has 0 bridgehead atoms. The number of nitrogens with two attached hydrogens (primary N) is 1. The van der Waals surface area contributed by atoms with E-state index in [1.165, 1.54) is 19.2 Å². The van der Waals surface area contributed by atoms with Crippen LogP contribution in [0.5, 0.6) is 0 Å². The molecule has 0 spiro atoms. The molecule has 6 nitrogen and oxygen atoms in total. The third kappa shape index (κ3) is 4.03. The zero-order valence-electron chi connectivity index (χ0n) is 11.8. The normalized spacial score (nSPS) is 14.6. The van der Waals surface area contributed by atoms with Gasteiger partial charge in [-0.2, -0.15) is 0 Å². The average Bonchev–Trinajstić information content (AvgIpc) is 2.43. The number of benzene rings is 1. The second-order valence-corrected chi connectivity index (χ2v) is 6.22. The van der Waals surface area contributed by atoms with Crippen molar-refractivity contribution in [2.75, 3.05) is 7.11 Å². The van der Waals surface area contributed by atoms with Gasteiger partial charge in [0, 0.05) is 13.7 Å². The Balaban J connectivity index is 2.70. The molecule has 0 aliphatic rings. The van der Waals surface area contributed by atoms with E-state index in [1.807, 2.05) is 6.92 Å². The van der Waals surface area contributed by atoms with Crippen molar-refractivity contribution in [2.24, 2.45) is 5.14 Å². The van der Waals surface area contributed by atoms with E-state index >= 15 is 0 Å². The third-order valence-corrected chi connectivity index (χ3v) is 4.24. The van der Waals surface area contributed by atoms with Gasteiger partial charge in [-0.15, -0.1) is 0 Å². The van der Waals surface area contributed by atoms with Crippen molar-refractivity contribution in [1.82, 2.24) is 5.32 Å². The number of carbonyl (C=O) groups excluding carboxylic acids is 1. The lowest BCUT2D eigenvalue weighted by molar-refractivity contribution is -0.142. The molecule has 20 heavy (non-hydrogen) atoms. The number of rotatable bonds is 6. The van der Waals surface area contributed by atoms with Crippen LogP contribution in [0, 0.1) is 0 Å². The van der Waals surface area contributed by atoms with Crippen LogP contribution >= 0.6 is 0 Å². The highest BCUT2D eigenvalue weighted by atomic mass is 32.2. The molecule has 0 radical (unpaired) electrons. The Morgan fingerprint density at radius 1 is 1.35 bits per heavy atom. The molecule has 7 heteroatoms. The molecule has 1 aromatic carbocycles. The molecule has 1 atom stereocenters. The second kappa shape index (κ2) is 6.34. The first kappa shape index (κ1) is 16.6. The summed E-state index contributed by atoms with van der Waals surface area (Å²) in [4.78, 5) is 12.0. The maximum Gasteiger partial charge on any atom is 0.252 e. The standard InChI is InChI=1S/C13H20N2O4S/c1-4-13(2,19-3)12(16)15-9-10-5-7-11(8-6-10)20(14,17)18/h5-8H,4,9H2,1-3H3,(H,15,16)(H2,14,17,18). The van der Waals surface area contributed by atoms with Crippen LogP contribution in [-0.2, 0) is 26.1 Å². The van der Waals surface area contributed by atoms with Crippen LogP contribution in [0.3, 0.4) is 0 Å². The van der Waals surface area contributed by atoms with Gasteiger partial charge in [-0.05, 0) is 31.0 Å². The molecule has 0 saturated carbocycles. The van der Waals surface area contributed by atoms with Crippen molar-refractivity contribution in [1.29, 1.82) is 0 Å². The Bertz CT molecular complexity index is 563. The molecule has 1 aromatic rings. The highest BCUT2D eigenvalue weighted by Crippen LogP contribution is 2.14. The van der Waals surface area contributed by atoms with Crippen LogP contribution in [0.25, 0.3) is 0 Å². The Kier molecular flexibility index (Phi) is 5.27. The summed E-state index contributed by atoms with van der Waals surface area (Å²) in [5.74, 6) is -0.210. The molecule has 0 fully saturated rings. The van der Waals surface area contributed by atoms with Crippen molar-refractivity contribution in [2.45, 2.75) is 37.3 Å².